The van der Waals surface area contributed by atoms with Crippen LogP contribution in [0.3, 0.4) is 0 Å². The summed E-state index contributed by atoms with van der Waals surface area (Å²) in [4.78, 5) is 0. The molecule has 1 N–H and O–H groups in total. The van der Waals surface area contributed by atoms with Gasteiger partial charge in [0.2, 0.25) is 0 Å². The molecule has 0 aromatic heterocycles. The Morgan fingerprint density at radius 3 is 0.857 bits per heavy atom. The smallest absolute Gasteiger partial charge is 0.0510 e. The number of nitrogens with one attached hydrogen (secondary N) is 1. The molecule has 0 spiro atoms. The number of rotatable bonds is 9. The molecule has 0 aliphatic rings. The summed E-state index contributed by atoms with van der Waals surface area (Å²) in [6.45, 7) is 0. The Morgan fingerprint density at radius 2 is 0.619 bits per heavy atom. The van der Waals surface area contributed by atoms with E-state index in [-0.39, 0.29) is 0 Å². The first-order chi connectivity index (χ1) is 10.4. The molecular weight excluding hydrogens is 292 g/mol. The van der Waals surface area contributed by atoms with Gasteiger partial charge in [-0.1, -0.05) is 0 Å². The molecule has 20 heteroatoms. The van der Waals surface area contributed by atoms with Gasteiger partial charge in [-0.05, 0) is 83.6 Å². The average molecular weight is 296 g/mol. The lowest BCUT2D eigenvalue weighted by Crippen LogP contribution is -1.51. The standard InChI is InChI=1S/CH4N20/c1-3-5-7-9-11-13-15-17-19-21-20-18-16-14-12-10-8-6-4-2/h2H,1H3. The molecule has 21 heavy (non-hydrogen) atoms. The normalized spacial score (nSPS) is 14.3. The highest BCUT2D eigenvalue weighted by molar-refractivity contribution is 4.13. The molecule has 0 saturated carbocycles. The van der Waals surface area contributed by atoms with Crippen LogP contribution in [-0.2, 0) is 0 Å². The average Bonchev–Trinajstić information content (AvgIpc) is 2.50. The predicted molar refractivity (Wildman–Crippen MR) is 54.8 cm³/mol. The predicted octanol–water partition coefficient (Wildman–Crippen LogP) is 3.95. The van der Waals surface area contributed by atoms with E-state index in [1.54, 1.807) is 0 Å². The highest BCUT2D eigenvalue weighted by Gasteiger charge is 1.70. The largest absolute Gasteiger partial charge is 0.183 e. The summed E-state index contributed by atoms with van der Waals surface area (Å²) in [6, 6.07) is 0. The second-order valence-corrected chi connectivity index (χ2v) is 1.82. The van der Waals surface area contributed by atoms with Crippen molar-refractivity contribution in [2.45, 2.75) is 0 Å². The van der Waals surface area contributed by atoms with Gasteiger partial charge in [0.25, 0.3) is 0 Å². The molecule has 0 amide bonds. The maximum atomic E-state index is 6.20. The Hall–Kier alpha value is -4.00. The molecule has 0 aromatic rings. The van der Waals surface area contributed by atoms with E-state index < -0.39 is 0 Å². The van der Waals surface area contributed by atoms with Crippen molar-refractivity contribution in [1.82, 2.24) is 0 Å². The third-order valence-electron chi connectivity index (χ3n) is 0.774. The molecule has 0 heterocycles. The van der Waals surface area contributed by atoms with Gasteiger partial charge in [0, 0.05) is 10.4 Å². The Bertz CT molecular complexity index is 504. The number of hydrogen-bond acceptors (Lipinski definition) is 2. The fourth-order valence-corrected chi connectivity index (χ4v) is 0.328. The van der Waals surface area contributed by atoms with E-state index in [9.17, 15) is 0 Å². The molecular formula is CH4N20. The fourth-order valence-electron chi connectivity index (χ4n) is 0.328. The Morgan fingerprint density at radius 1 is 0.381 bits per heavy atom. The first kappa shape index (κ1) is 17.0. The van der Waals surface area contributed by atoms with Gasteiger partial charge < -0.3 is 0 Å². The zero-order valence-electron chi connectivity index (χ0n) is 10.00. The van der Waals surface area contributed by atoms with Crippen LogP contribution in [0, 0.1) is 5.53 Å². The van der Waals surface area contributed by atoms with E-state index in [4.69, 9.17) is 5.53 Å². The molecule has 0 aromatic carbocycles. The zero-order valence-corrected chi connectivity index (χ0v) is 10.00. The van der Waals surface area contributed by atoms with Crippen LogP contribution in [0.2, 0.25) is 0 Å². The Kier molecular flexibility index (Phi) is 13.0. The summed E-state index contributed by atoms with van der Waals surface area (Å²) in [7, 11) is 1.40. The summed E-state index contributed by atoms with van der Waals surface area (Å²) >= 11 is 0. The summed E-state index contributed by atoms with van der Waals surface area (Å²) in [5, 5.41) is 56.4. The minimum absolute atomic E-state index is 1.40. The first-order valence-corrected chi connectivity index (χ1v) is 4.27. The third kappa shape index (κ3) is 16.0. The molecule has 0 aliphatic heterocycles. The molecule has 0 radical (unpaired) electrons. The SMILES string of the molecule is CN=NN=NN=NN=NN=NN=NN=NN=NN=NN=N. The monoisotopic (exact) mass is 296 g/mol. The van der Waals surface area contributed by atoms with Crippen LogP contribution in [0.25, 0.3) is 0 Å². The van der Waals surface area contributed by atoms with Gasteiger partial charge in [0.05, 0.1) is 7.05 Å². The lowest BCUT2D eigenvalue weighted by molar-refractivity contribution is 0.737. The first-order valence-electron chi connectivity index (χ1n) is 4.27. The van der Waals surface area contributed by atoms with Gasteiger partial charge in [-0.2, -0.15) is 10.6 Å². The maximum Gasteiger partial charge on any atom is 0.0510 e. The highest BCUT2D eigenvalue weighted by Crippen LogP contribution is 1.89. The lowest BCUT2D eigenvalue weighted by Gasteiger charge is -1.69. The van der Waals surface area contributed by atoms with E-state index in [0.717, 1.165) is 0 Å². The van der Waals surface area contributed by atoms with Crippen molar-refractivity contribution in [2.75, 3.05) is 7.05 Å². The van der Waals surface area contributed by atoms with Crippen molar-refractivity contribution in [3.8, 4) is 0 Å². The van der Waals surface area contributed by atoms with E-state index in [2.05, 4.69) is 99.1 Å². The van der Waals surface area contributed by atoms with Gasteiger partial charge >= 0.3 is 0 Å². The van der Waals surface area contributed by atoms with Crippen LogP contribution in [0.5, 0.6) is 0 Å². The Labute approximate surface area is 113 Å². The zero-order chi connectivity index (χ0) is 15.4. The van der Waals surface area contributed by atoms with Crippen molar-refractivity contribution in [3.05, 3.63) is 0 Å². The van der Waals surface area contributed by atoms with Crippen LogP contribution in [-0.4, -0.2) is 7.05 Å². The van der Waals surface area contributed by atoms with Crippen LogP contribution in [0.1, 0.15) is 0 Å². The van der Waals surface area contributed by atoms with Gasteiger partial charge in [-0.3, -0.25) is 0 Å². The van der Waals surface area contributed by atoms with Crippen molar-refractivity contribution >= 4 is 0 Å². The van der Waals surface area contributed by atoms with Gasteiger partial charge in [-0.15, -0.1) is 0 Å². The van der Waals surface area contributed by atoms with E-state index in [0.29, 0.717) is 0 Å². The third-order valence-corrected chi connectivity index (χ3v) is 0.774. The number of hydrogen-bond donors (Lipinski definition) is 1. The summed E-state index contributed by atoms with van der Waals surface area (Å²) in [6.07, 6.45) is 0. The van der Waals surface area contributed by atoms with Crippen LogP contribution < -0.4 is 0 Å². The van der Waals surface area contributed by atoms with Crippen LogP contribution >= 0.6 is 0 Å². The maximum absolute atomic E-state index is 6.20. The van der Waals surface area contributed by atoms with Crippen molar-refractivity contribution < 1.29 is 0 Å². The van der Waals surface area contributed by atoms with Crippen molar-refractivity contribution in [3.63, 3.8) is 0 Å². The molecule has 0 unspecified atom stereocenters. The van der Waals surface area contributed by atoms with Gasteiger partial charge in [0.1, 0.15) is 0 Å². The van der Waals surface area contributed by atoms with Crippen molar-refractivity contribution in [2.24, 2.45) is 99.1 Å². The molecule has 0 aliphatic carbocycles. The van der Waals surface area contributed by atoms with Gasteiger partial charge in [-0.25, -0.2) is 0 Å². The molecule has 0 saturated heterocycles. The summed E-state index contributed by atoms with van der Waals surface area (Å²) in [5.41, 5.74) is 6.20. The second-order valence-electron chi connectivity index (χ2n) is 1.82. The molecule has 20 nitrogen and oxygen atoms in total. The second kappa shape index (κ2) is 16.0. The quantitative estimate of drug-likeness (QED) is 0.467. The fraction of sp³-hybridized carbons (Fsp3) is 1.00. The van der Waals surface area contributed by atoms with Crippen LogP contribution in [0.15, 0.2) is 99.1 Å². The van der Waals surface area contributed by atoms with E-state index >= 15 is 0 Å². The van der Waals surface area contributed by atoms with Gasteiger partial charge in [0.15, 0.2) is 0 Å². The molecule has 0 atom stereocenters. The number of nitrogens with zero attached hydrogens (tertiary/aromatic N) is 19. The molecule has 0 rings (SSSR count). The molecule has 108 valence electrons. The minimum atomic E-state index is 1.40. The Balaban J connectivity index is 3.87. The lowest BCUT2D eigenvalue weighted by atomic mass is 11.6. The molecule has 0 fully saturated rings. The van der Waals surface area contributed by atoms with Crippen LogP contribution in [0.4, 0.5) is 0 Å². The molecule has 0 bridgehead atoms. The van der Waals surface area contributed by atoms with Crippen molar-refractivity contribution in [1.29, 1.82) is 5.53 Å². The van der Waals surface area contributed by atoms with E-state index in [1.165, 1.54) is 7.05 Å². The summed E-state index contributed by atoms with van der Waals surface area (Å²) < 4.78 is 0. The topological polar surface area (TPSA) is 259 Å². The highest BCUT2D eigenvalue weighted by atomic mass is 15.7. The van der Waals surface area contributed by atoms with E-state index in [1.807, 2.05) is 0 Å². The minimum Gasteiger partial charge on any atom is -0.183 e. The summed E-state index contributed by atoms with van der Waals surface area (Å²) in [5.74, 6) is 0.